The number of hydrogen-bond acceptors (Lipinski definition) is 3. The third-order valence-electron chi connectivity index (χ3n) is 1.93. The predicted molar refractivity (Wildman–Crippen MR) is 52.2 cm³/mol. The molecule has 0 aliphatic carbocycles. The van der Waals surface area contributed by atoms with Gasteiger partial charge in [0.15, 0.2) is 0 Å². The van der Waals surface area contributed by atoms with Crippen LogP contribution in [0.25, 0.3) is 0 Å². The summed E-state index contributed by atoms with van der Waals surface area (Å²) in [6.07, 6.45) is -1.29. The van der Waals surface area contributed by atoms with E-state index in [0.29, 0.717) is 19.6 Å². The molecule has 82 valence electrons. The van der Waals surface area contributed by atoms with E-state index in [4.69, 9.17) is 9.84 Å². The van der Waals surface area contributed by atoms with Crippen molar-refractivity contribution in [3.8, 4) is 0 Å². The molecular weight excluding hydrogens is 184 g/mol. The molecule has 2 N–H and O–H groups in total. The van der Waals surface area contributed by atoms with Gasteiger partial charge in [-0.25, -0.2) is 4.79 Å². The standard InChI is InChI=1S/C9H18N2O3/c1-9(2,3)14-7-6-10-4-5-11(7)8(12)13/h7,10H,4-6H2,1-3H3,(H,12,13). The molecule has 0 spiro atoms. The van der Waals surface area contributed by atoms with Crippen LogP contribution in [-0.4, -0.2) is 47.6 Å². The van der Waals surface area contributed by atoms with Crippen LogP contribution in [0.5, 0.6) is 0 Å². The van der Waals surface area contributed by atoms with Crippen molar-refractivity contribution in [2.24, 2.45) is 0 Å². The third-order valence-corrected chi connectivity index (χ3v) is 1.93. The van der Waals surface area contributed by atoms with E-state index in [2.05, 4.69) is 5.32 Å². The van der Waals surface area contributed by atoms with Crippen molar-refractivity contribution in [2.45, 2.75) is 32.6 Å². The van der Waals surface area contributed by atoms with Gasteiger partial charge < -0.3 is 15.2 Å². The lowest BCUT2D eigenvalue weighted by Gasteiger charge is -2.37. The Balaban J connectivity index is 2.59. The minimum absolute atomic E-state index is 0.322. The van der Waals surface area contributed by atoms with Crippen LogP contribution in [0, 0.1) is 0 Å². The number of ether oxygens (including phenoxy) is 1. The van der Waals surface area contributed by atoms with Crippen molar-refractivity contribution in [3.63, 3.8) is 0 Å². The molecule has 1 aliphatic heterocycles. The molecule has 0 aromatic heterocycles. The van der Waals surface area contributed by atoms with Gasteiger partial charge in [-0.3, -0.25) is 4.90 Å². The molecule has 1 rings (SSSR count). The molecule has 1 aliphatic rings. The van der Waals surface area contributed by atoms with Gasteiger partial charge in [0.2, 0.25) is 0 Å². The lowest BCUT2D eigenvalue weighted by molar-refractivity contribution is -0.127. The van der Waals surface area contributed by atoms with E-state index >= 15 is 0 Å². The molecule has 0 saturated carbocycles. The Morgan fingerprint density at radius 3 is 2.71 bits per heavy atom. The van der Waals surface area contributed by atoms with Gasteiger partial charge in [-0.1, -0.05) is 0 Å². The molecule has 0 bridgehead atoms. The Labute approximate surface area is 84.0 Å². The number of rotatable bonds is 1. The first kappa shape index (κ1) is 11.3. The molecule has 1 heterocycles. The topological polar surface area (TPSA) is 61.8 Å². The fourth-order valence-corrected chi connectivity index (χ4v) is 1.41. The van der Waals surface area contributed by atoms with E-state index in [1.54, 1.807) is 0 Å². The van der Waals surface area contributed by atoms with Crippen LogP contribution in [0.3, 0.4) is 0 Å². The van der Waals surface area contributed by atoms with Gasteiger partial charge in [-0.2, -0.15) is 0 Å². The van der Waals surface area contributed by atoms with E-state index in [-0.39, 0.29) is 11.8 Å². The second-order valence-corrected chi connectivity index (χ2v) is 4.36. The molecule has 0 aromatic rings. The summed E-state index contributed by atoms with van der Waals surface area (Å²) in [5.74, 6) is 0. The van der Waals surface area contributed by atoms with Crippen molar-refractivity contribution in [1.82, 2.24) is 10.2 Å². The lowest BCUT2D eigenvalue weighted by Crippen LogP contribution is -2.56. The van der Waals surface area contributed by atoms with Gasteiger partial charge in [-0.05, 0) is 20.8 Å². The SMILES string of the molecule is CC(C)(C)OC1CNCCN1C(=O)O. The molecule has 1 fully saturated rings. The van der Waals surface area contributed by atoms with Crippen LogP contribution in [0.4, 0.5) is 4.79 Å². The summed E-state index contributed by atoms with van der Waals surface area (Å²) >= 11 is 0. The average molecular weight is 202 g/mol. The molecule has 1 amide bonds. The van der Waals surface area contributed by atoms with Gasteiger partial charge in [0.25, 0.3) is 0 Å². The average Bonchev–Trinajstić information content (AvgIpc) is 2.01. The maximum atomic E-state index is 10.9. The number of amides is 1. The second-order valence-electron chi connectivity index (χ2n) is 4.36. The zero-order valence-electron chi connectivity index (χ0n) is 8.91. The summed E-state index contributed by atoms with van der Waals surface area (Å²) in [5, 5.41) is 12.0. The van der Waals surface area contributed by atoms with E-state index in [1.807, 2.05) is 20.8 Å². The van der Waals surface area contributed by atoms with Crippen molar-refractivity contribution in [3.05, 3.63) is 0 Å². The highest BCUT2D eigenvalue weighted by molar-refractivity contribution is 5.65. The Morgan fingerprint density at radius 1 is 1.57 bits per heavy atom. The van der Waals surface area contributed by atoms with Crippen LogP contribution < -0.4 is 5.32 Å². The minimum Gasteiger partial charge on any atom is -0.465 e. The molecule has 5 nitrogen and oxygen atoms in total. The largest absolute Gasteiger partial charge is 0.465 e. The number of nitrogens with one attached hydrogen (secondary N) is 1. The van der Waals surface area contributed by atoms with Gasteiger partial charge in [0, 0.05) is 19.6 Å². The van der Waals surface area contributed by atoms with Crippen molar-refractivity contribution in [1.29, 1.82) is 0 Å². The predicted octanol–water partition coefficient (Wildman–Crippen LogP) is 0.711. The van der Waals surface area contributed by atoms with E-state index < -0.39 is 6.09 Å². The molecule has 0 radical (unpaired) electrons. The molecule has 5 heteroatoms. The Morgan fingerprint density at radius 2 is 2.21 bits per heavy atom. The fourth-order valence-electron chi connectivity index (χ4n) is 1.41. The zero-order valence-corrected chi connectivity index (χ0v) is 8.91. The van der Waals surface area contributed by atoms with Crippen molar-refractivity contribution >= 4 is 6.09 Å². The van der Waals surface area contributed by atoms with Crippen LogP contribution in [0.15, 0.2) is 0 Å². The zero-order chi connectivity index (χ0) is 10.8. The van der Waals surface area contributed by atoms with Gasteiger partial charge >= 0.3 is 6.09 Å². The fraction of sp³-hybridized carbons (Fsp3) is 0.889. The second kappa shape index (κ2) is 4.14. The van der Waals surface area contributed by atoms with Crippen molar-refractivity contribution in [2.75, 3.05) is 19.6 Å². The van der Waals surface area contributed by atoms with E-state index in [1.165, 1.54) is 4.90 Å². The number of carboxylic acid groups (broad SMARTS) is 1. The summed E-state index contributed by atoms with van der Waals surface area (Å²) in [6, 6.07) is 0. The van der Waals surface area contributed by atoms with Crippen LogP contribution in [0.1, 0.15) is 20.8 Å². The smallest absolute Gasteiger partial charge is 0.409 e. The quantitative estimate of drug-likeness (QED) is 0.657. The summed E-state index contributed by atoms with van der Waals surface area (Å²) in [6.45, 7) is 7.49. The minimum atomic E-state index is -0.916. The van der Waals surface area contributed by atoms with Crippen LogP contribution in [0.2, 0.25) is 0 Å². The Hall–Kier alpha value is -0.810. The summed E-state index contributed by atoms with van der Waals surface area (Å²) in [4.78, 5) is 12.2. The molecule has 14 heavy (non-hydrogen) atoms. The highest BCUT2D eigenvalue weighted by atomic mass is 16.5. The maximum absolute atomic E-state index is 10.9. The Kier molecular flexibility index (Phi) is 3.34. The first-order valence-corrected chi connectivity index (χ1v) is 4.78. The van der Waals surface area contributed by atoms with E-state index in [0.717, 1.165) is 0 Å². The summed E-state index contributed by atoms with van der Waals surface area (Å²) < 4.78 is 5.64. The molecule has 1 saturated heterocycles. The summed E-state index contributed by atoms with van der Waals surface area (Å²) in [7, 11) is 0. The van der Waals surface area contributed by atoms with Gasteiger partial charge in [0.05, 0.1) is 5.60 Å². The molecule has 1 atom stereocenters. The van der Waals surface area contributed by atoms with Crippen LogP contribution >= 0.6 is 0 Å². The molecular formula is C9H18N2O3. The Bertz CT molecular complexity index is 213. The van der Waals surface area contributed by atoms with Gasteiger partial charge in [-0.15, -0.1) is 0 Å². The highest BCUT2D eigenvalue weighted by Crippen LogP contribution is 2.15. The number of hydrogen-bond donors (Lipinski definition) is 2. The maximum Gasteiger partial charge on any atom is 0.409 e. The first-order chi connectivity index (χ1) is 6.40. The molecule has 1 unspecified atom stereocenters. The first-order valence-electron chi connectivity index (χ1n) is 4.78. The number of piperazine rings is 1. The lowest BCUT2D eigenvalue weighted by atomic mass is 10.2. The third kappa shape index (κ3) is 3.16. The number of carbonyl (C=O) groups is 1. The van der Waals surface area contributed by atoms with Crippen molar-refractivity contribution < 1.29 is 14.6 Å². The van der Waals surface area contributed by atoms with Crippen LogP contribution in [-0.2, 0) is 4.74 Å². The normalized spacial score (nSPS) is 23.6. The van der Waals surface area contributed by atoms with Gasteiger partial charge in [0.1, 0.15) is 6.23 Å². The monoisotopic (exact) mass is 202 g/mol. The number of nitrogens with zero attached hydrogens (tertiary/aromatic N) is 1. The highest BCUT2D eigenvalue weighted by Gasteiger charge is 2.30. The molecule has 0 aromatic carbocycles. The van der Waals surface area contributed by atoms with E-state index in [9.17, 15) is 4.79 Å². The summed E-state index contributed by atoms with van der Waals surface area (Å²) in [5.41, 5.74) is -0.322.